The third-order valence-electron chi connectivity index (χ3n) is 6.81. The molecule has 180 valence electrons. The Kier molecular flexibility index (Phi) is 7.23. The summed E-state index contributed by atoms with van der Waals surface area (Å²) in [6, 6.07) is 31.3. The summed E-state index contributed by atoms with van der Waals surface area (Å²) < 4.78 is 0. The lowest BCUT2D eigenvalue weighted by atomic mass is 9.91. The monoisotopic (exact) mass is 474 g/mol. The SMILES string of the molecule is Oc1c(/C=N/[C@@H]2CCCC[C@H]2/N=C/c2cccc(-c3ccccc3)c2O)cccc1-c1ccccc1. The van der Waals surface area contributed by atoms with Gasteiger partial charge in [0.15, 0.2) is 0 Å². The minimum Gasteiger partial charge on any atom is -0.507 e. The Balaban J connectivity index is 1.36. The van der Waals surface area contributed by atoms with Crippen LogP contribution in [0, 0.1) is 0 Å². The molecule has 36 heavy (non-hydrogen) atoms. The van der Waals surface area contributed by atoms with Gasteiger partial charge < -0.3 is 10.2 Å². The summed E-state index contributed by atoms with van der Waals surface area (Å²) in [4.78, 5) is 9.74. The van der Waals surface area contributed by atoms with Crippen molar-refractivity contribution in [1.82, 2.24) is 0 Å². The molecule has 1 fully saturated rings. The summed E-state index contributed by atoms with van der Waals surface area (Å²) in [6.45, 7) is 0. The van der Waals surface area contributed by atoms with Crippen LogP contribution < -0.4 is 0 Å². The summed E-state index contributed by atoms with van der Waals surface area (Å²) in [7, 11) is 0. The molecular formula is C32H30N2O2. The van der Waals surface area contributed by atoms with Crippen LogP contribution in [0.1, 0.15) is 36.8 Å². The Labute approximate surface area is 212 Å². The van der Waals surface area contributed by atoms with Crippen molar-refractivity contribution in [3.8, 4) is 33.8 Å². The van der Waals surface area contributed by atoms with Crippen molar-refractivity contribution < 1.29 is 10.2 Å². The largest absolute Gasteiger partial charge is 0.507 e. The molecule has 1 aliphatic rings. The molecule has 2 N–H and O–H groups in total. The first-order valence-corrected chi connectivity index (χ1v) is 12.5. The summed E-state index contributed by atoms with van der Waals surface area (Å²) in [5.74, 6) is 0.483. The van der Waals surface area contributed by atoms with Crippen molar-refractivity contribution in [3.05, 3.63) is 108 Å². The van der Waals surface area contributed by atoms with Gasteiger partial charge in [-0.25, -0.2) is 0 Å². The van der Waals surface area contributed by atoms with Crippen LogP contribution in [-0.2, 0) is 0 Å². The highest BCUT2D eigenvalue weighted by Crippen LogP contribution is 2.33. The van der Waals surface area contributed by atoms with Crippen molar-refractivity contribution in [2.45, 2.75) is 37.8 Å². The fourth-order valence-corrected chi connectivity index (χ4v) is 4.82. The quantitative estimate of drug-likeness (QED) is 0.288. The molecule has 4 heteroatoms. The maximum Gasteiger partial charge on any atom is 0.132 e. The smallest absolute Gasteiger partial charge is 0.132 e. The number of rotatable bonds is 6. The average molecular weight is 475 g/mol. The van der Waals surface area contributed by atoms with Gasteiger partial charge in [0.05, 0.1) is 12.1 Å². The highest BCUT2D eigenvalue weighted by atomic mass is 16.3. The van der Waals surface area contributed by atoms with Gasteiger partial charge in [-0.05, 0) is 36.1 Å². The van der Waals surface area contributed by atoms with Crippen LogP contribution in [0.2, 0.25) is 0 Å². The van der Waals surface area contributed by atoms with E-state index < -0.39 is 0 Å². The molecule has 0 unspecified atom stereocenters. The van der Waals surface area contributed by atoms with Gasteiger partial charge in [-0.15, -0.1) is 0 Å². The van der Waals surface area contributed by atoms with Gasteiger partial charge >= 0.3 is 0 Å². The van der Waals surface area contributed by atoms with E-state index in [0.717, 1.165) is 47.9 Å². The molecule has 5 rings (SSSR count). The van der Waals surface area contributed by atoms with Gasteiger partial charge in [0.2, 0.25) is 0 Å². The van der Waals surface area contributed by atoms with E-state index in [2.05, 4.69) is 0 Å². The van der Waals surface area contributed by atoms with Crippen molar-refractivity contribution in [3.63, 3.8) is 0 Å². The minimum atomic E-state index is 0.0363. The summed E-state index contributed by atoms with van der Waals surface area (Å²) >= 11 is 0. The van der Waals surface area contributed by atoms with Crippen LogP contribution in [0.4, 0.5) is 0 Å². The lowest BCUT2D eigenvalue weighted by Gasteiger charge is -2.25. The molecule has 0 saturated heterocycles. The number of aromatic hydroxyl groups is 2. The Morgan fingerprint density at radius 3 is 1.36 bits per heavy atom. The average Bonchev–Trinajstić information content (AvgIpc) is 2.93. The molecule has 1 saturated carbocycles. The standard InChI is InChI=1S/C32H30N2O2/c35-31-25(15-9-17-27(31)23-11-3-1-4-12-23)21-33-29-19-7-8-20-30(29)34-22-26-16-10-18-28(32(26)36)24-13-5-2-6-14-24/h1-6,9-18,21-22,29-30,35-36H,7-8,19-20H2/b33-21+,34-22+/t29-,30-/m1/s1. The molecule has 1 aliphatic carbocycles. The molecule has 0 bridgehead atoms. The molecular weight excluding hydrogens is 444 g/mol. The summed E-state index contributed by atoms with van der Waals surface area (Å²) in [5, 5.41) is 21.8. The maximum absolute atomic E-state index is 10.9. The predicted molar refractivity (Wildman–Crippen MR) is 148 cm³/mol. The van der Waals surface area contributed by atoms with Crippen molar-refractivity contribution in [2.75, 3.05) is 0 Å². The van der Waals surface area contributed by atoms with Crippen LogP contribution in [0.25, 0.3) is 22.3 Å². The van der Waals surface area contributed by atoms with Crippen molar-refractivity contribution in [1.29, 1.82) is 0 Å². The number of benzene rings is 4. The van der Waals surface area contributed by atoms with E-state index in [0.29, 0.717) is 11.1 Å². The molecule has 4 nitrogen and oxygen atoms in total. The predicted octanol–water partition coefficient (Wildman–Crippen LogP) is 7.28. The molecule has 0 aromatic heterocycles. The van der Waals surface area contributed by atoms with Gasteiger partial charge in [0.25, 0.3) is 0 Å². The lowest BCUT2D eigenvalue weighted by molar-refractivity contribution is 0.390. The van der Waals surface area contributed by atoms with Crippen LogP contribution in [0.5, 0.6) is 11.5 Å². The molecule has 0 aliphatic heterocycles. The number of phenols is 2. The molecule has 2 atom stereocenters. The highest BCUT2D eigenvalue weighted by molar-refractivity contribution is 5.89. The van der Waals surface area contributed by atoms with Gasteiger partial charge in [-0.2, -0.15) is 0 Å². The lowest BCUT2D eigenvalue weighted by Crippen LogP contribution is -2.27. The van der Waals surface area contributed by atoms with Crippen molar-refractivity contribution >= 4 is 12.4 Å². The van der Waals surface area contributed by atoms with Crippen molar-refractivity contribution in [2.24, 2.45) is 9.98 Å². The van der Waals surface area contributed by atoms with E-state index in [1.165, 1.54) is 0 Å². The molecule has 4 aromatic rings. The second-order valence-electron chi connectivity index (χ2n) is 9.19. The van der Waals surface area contributed by atoms with E-state index in [4.69, 9.17) is 9.98 Å². The molecule has 0 radical (unpaired) electrons. The third-order valence-corrected chi connectivity index (χ3v) is 6.81. The second-order valence-corrected chi connectivity index (χ2v) is 9.19. The van der Waals surface area contributed by atoms with E-state index in [1.54, 1.807) is 12.4 Å². The second kappa shape index (κ2) is 11.0. The molecule has 0 spiro atoms. The number of para-hydroxylation sites is 2. The van der Waals surface area contributed by atoms with E-state index in [9.17, 15) is 10.2 Å². The summed E-state index contributed by atoms with van der Waals surface area (Å²) in [6.07, 6.45) is 7.69. The Bertz CT molecular complexity index is 1260. The normalized spacial score (nSPS) is 18.1. The molecule has 4 aromatic carbocycles. The topological polar surface area (TPSA) is 65.2 Å². The van der Waals surface area contributed by atoms with Crippen LogP contribution in [-0.4, -0.2) is 34.7 Å². The Morgan fingerprint density at radius 2 is 0.944 bits per heavy atom. The fraction of sp³-hybridized carbons (Fsp3) is 0.188. The number of hydrogen-bond donors (Lipinski definition) is 2. The van der Waals surface area contributed by atoms with Gasteiger partial charge in [-0.3, -0.25) is 9.98 Å². The van der Waals surface area contributed by atoms with Gasteiger partial charge in [-0.1, -0.05) is 97.8 Å². The zero-order chi connectivity index (χ0) is 24.7. The van der Waals surface area contributed by atoms with E-state index >= 15 is 0 Å². The number of nitrogens with zero attached hydrogens (tertiary/aromatic N) is 2. The first-order valence-electron chi connectivity index (χ1n) is 12.5. The molecule has 0 heterocycles. The maximum atomic E-state index is 10.9. The third kappa shape index (κ3) is 5.23. The van der Waals surface area contributed by atoms with Crippen LogP contribution >= 0.6 is 0 Å². The first kappa shape index (κ1) is 23.6. The van der Waals surface area contributed by atoms with E-state index in [-0.39, 0.29) is 23.6 Å². The minimum absolute atomic E-state index is 0.0363. The van der Waals surface area contributed by atoms with Crippen LogP contribution in [0.15, 0.2) is 107 Å². The zero-order valence-corrected chi connectivity index (χ0v) is 20.2. The number of aliphatic imine (C=N–C) groups is 2. The van der Waals surface area contributed by atoms with Gasteiger partial charge in [0.1, 0.15) is 11.5 Å². The summed E-state index contributed by atoms with van der Waals surface area (Å²) in [5.41, 5.74) is 4.96. The highest BCUT2D eigenvalue weighted by Gasteiger charge is 2.23. The zero-order valence-electron chi connectivity index (χ0n) is 20.2. The number of hydrogen-bond acceptors (Lipinski definition) is 4. The first-order chi connectivity index (χ1) is 17.7. The van der Waals surface area contributed by atoms with Crippen LogP contribution in [0.3, 0.4) is 0 Å². The molecule has 0 amide bonds. The fourth-order valence-electron chi connectivity index (χ4n) is 4.82. The Morgan fingerprint density at radius 1 is 0.528 bits per heavy atom. The Hall–Kier alpha value is -4.18. The number of phenolic OH excluding ortho intramolecular Hbond substituents is 2. The van der Waals surface area contributed by atoms with Gasteiger partial charge in [0, 0.05) is 34.7 Å². The van der Waals surface area contributed by atoms with E-state index in [1.807, 2.05) is 97.1 Å².